The highest BCUT2D eigenvalue weighted by Gasteiger charge is 2.28. The highest BCUT2D eigenvalue weighted by molar-refractivity contribution is 6.31. The van der Waals surface area contributed by atoms with Crippen LogP contribution in [0.4, 0.5) is 0 Å². The van der Waals surface area contributed by atoms with Crippen molar-refractivity contribution in [2.24, 2.45) is 5.92 Å². The van der Waals surface area contributed by atoms with E-state index in [-0.39, 0.29) is 0 Å². The first kappa shape index (κ1) is 14.6. The van der Waals surface area contributed by atoms with Gasteiger partial charge in [-0.25, -0.2) is 0 Å². The molecule has 0 aromatic heterocycles. The lowest BCUT2D eigenvalue weighted by atomic mass is 9.77. The van der Waals surface area contributed by atoms with Crippen molar-refractivity contribution in [2.45, 2.75) is 32.2 Å². The normalized spacial score (nSPS) is 21.1. The summed E-state index contributed by atoms with van der Waals surface area (Å²) in [5, 5.41) is 4.42. The van der Waals surface area contributed by atoms with Gasteiger partial charge in [-0.15, -0.1) is 0 Å². The largest absolute Gasteiger partial charge is 0.313 e. The Morgan fingerprint density at radius 1 is 1.19 bits per heavy atom. The van der Waals surface area contributed by atoms with Crippen LogP contribution in [0.2, 0.25) is 5.02 Å². The van der Waals surface area contributed by atoms with Gasteiger partial charge in [-0.3, -0.25) is 0 Å². The second kappa shape index (κ2) is 6.21. The minimum absolute atomic E-state index is 0.423. The maximum Gasteiger partial charge on any atom is 0.0440 e. The van der Waals surface area contributed by atoms with E-state index in [1.54, 1.807) is 0 Å². The predicted octanol–water partition coefficient (Wildman–Crippen LogP) is 4.71. The van der Waals surface area contributed by atoms with Crippen molar-refractivity contribution in [2.75, 3.05) is 7.05 Å². The lowest BCUT2D eigenvalue weighted by molar-refractivity contribution is 0.335. The molecule has 2 aromatic carbocycles. The third-order valence-electron chi connectivity index (χ3n) is 4.65. The van der Waals surface area contributed by atoms with Gasteiger partial charge in [0, 0.05) is 11.1 Å². The number of halogens is 1. The lowest BCUT2D eigenvalue weighted by Gasteiger charge is -2.34. The Morgan fingerprint density at radius 3 is 2.76 bits per heavy atom. The minimum Gasteiger partial charge on any atom is -0.313 e. The molecule has 2 aromatic rings. The number of rotatable bonds is 3. The van der Waals surface area contributed by atoms with Gasteiger partial charge in [-0.05, 0) is 67.5 Å². The minimum atomic E-state index is 0.423. The van der Waals surface area contributed by atoms with Crippen LogP contribution in [0.3, 0.4) is 0 Å². The van der Waals surface area contributed by atoms with Crippen LogP contribution in [0.25, 0.3) is 0 Å². The van der Waals surface area contributed by atoms with Crippen molar-refractivity contribution in [3.63, 3.8) is 0 Å². The molecule has 1 nitrogen and oxygen atoms in total. The molecular weight excluding hydrogens is 278 g/mol. The molecule has 0 spiro atoms. The van der Waals surface area contributed by atoms with Crippen LogP contribution in [0.1, 0.15) is 34.7 Å². The molecule has 21 heavy (non-hydrogen) atoms. The Labute approximate surface area is 132 Å². The molecule has 1 aliphatic rings. The number of benzene rings is 2. The van der Waals surface area contributed by atoms with E-state index in [2.05, 4.69) is 61.8 Å². The van der Waals surface area contributed by atoms with Crippen LogP contribution < -0.4 is 5.32 Å². The highest BCUT2D eigenvalue weighted by atomic mass is 35.5. The summed E-state index contributed by atoms with van der Waals surface area (Å²) in [6.45, 7) is 2.09. The number of hydrogen-bond donors (Lipinski definition) is 1. The Hall–Kier alpha value is -1.31. The van der Waals surface area contributed by atoms with E-state index < -0.39 is 0 Å². The first-order chi connectivity index (χ1) is 10.2. The summed E-state index contributed by atoms with van der Waals surface area (Å²) >= 11 is 6.42. The van der Waals surface area contributed by atoms with E-state index in [1.807, 2.05) is 0 Å². The topological polar surface area (TPSA) is 12.0 Å². The molecule has 0 amide bonds. The van der Waals surface area contributed by atoms with Crippen LogP contribution in [-0.4, -0.2) is 7.05 Å². The molecule has 3 rings (SSSR count). The van der Waals surface area contributed by atoms with Gasteiger partial charge in [-0.2, -0.15) is 0 Å². The molecule has 2 atom stereocenters. The summed E-state index contributed by atoms with van der Waals surface area (Å²) in [6, 6.07) is 15.6. The fourth-order valence-electron chi connectivity index (χ4n) is 3.54. The number of nitrogens with one attached hydrogen (secondary N) is 1. The van der Waals surface area contributed by atoms with Gasteiger partial charge >= 0.3 is 0 Å². The third kappa shape index (κ3) is 3.00. The lowest BCUT2D eigenvalue weighted by Crippen LogP contribution is -2.31. The SMILES string of the molecule is CNC1c2ccccc2CCC1Cc1ccc(C)cc1Cl. The predicted molar refractivity (Wildman–Crippen MR) is 89.9 cm³/mol. The van der Waals surface area contributed by atoms with Crippen molar-refractivity contribution >= 4 is 11.6 Å². The molecule has 2 heteroatoms. The van der Waals surface area contributed by atoms with Crippen molar-refractivity contribution in [1.82, 2.24) is 5.32 Å². The van der Waals surface area contributed by atoms with Crippen LogP contribution in [-0.2, 0) is 12.8 Å². The van der Waals surface area contributed by atoms with Crippen molar-refractivity contribution in [1.29, 1.82) is 0 Å². The van der Waals surface area contributed by atoms with E-state index in [4.69, 9.17) is 11.6 Å². The summed E-state index contributed by atoms with van der Waals surface area (Å²) in [7, 11) is 2.07. The molecule has 0 radical (unpaired) electrons. The summed E-state index contributed by atoms with van der Waals surface area (Å²) < 4.78 is 0. The third-order valence-corrected chi connectivity index (χ3v) is 5.00. The average molecular weight is 300 g/mol. The van der Waals surface area contributed by atoms with Crippen LogP contribution in [0.15, 0.2) is 42.5 Å². The second-order valence-corrected chi connectivity index (χ2v) is 6.47. The fourth-order valence-corrected chi connectivity index (χ4v) is 3.85. The van der Waals surface area contributed by atoms with Gasteiger partial charge in [0.25, 0.3) is 0 Å². The first-order valence-electron chi connectivity index (χ1n) is 7.69. The molecule has 0 bridgehead atoms. The zero-order chi connectivity index (χ0) is 14.8. The zero-order valence-corrected chi connectivity index (χ0v) is 13.5. The Kier molecular flexibility index (Phi) is 4.32. The van der Waals surface area contributed by atoms with Gasteiger partial charge < -0.3 is 5.32 Å². The Morgan fingerprint density at radius 2 is 2.00 bits per heavy atom. The van der Waals surface area contributed by atoms with E-state index in [9.17, 15) is 0 Å². The van der Waals surface area contributed by atoms with Gasteiger partial charge in [0.05, 0.1) is 0 Å². The molecule has 0 aliphatic heterocycles. The molecule has 2 unspecified atom stereocenters. The number of aryl methyl sites for hydroxylation is 2. The average Bonchev–Trinajstić information content (AvgIpc) is 2.49. The van der Waals surface area contributed by atoms with Gasteiger partial charge in [0.15, 0.2) is 0 Å². The summed E-state index contributed by atoms with van der Waals surface area (Å²) in [5.41, 5.74) is 5.44. The van der Waals surface area contributed by atoms with Gasteiger partial charge in [-0.1, -0.05) is 48.0 Å². The summed E-state index contributed by atoms with van der Waals surface area (Å²) in [5.74, 6) is 0.602. The van der Waals surface area contributed by atoms with E-state index in [1.165, 1.54) is 35.1 Å². The van der Waals surface area contributed by atoms with E-state index in [0.717, 1.165) is 11.4 Å². The van der Waals surface area contributed by atoms with Crippen molar-refractivity contribution in [3.05, 3.63) is 69.7 Å². The summed E-state index contributed by atoms with van der Waals surface area (Å²) in [4.78, 5) is 0. The van der Waals surface area contributed by atoms with E-state index >= 15 is 0 Å². The van der Waals surface area contributed by atoms with Crippen LogP contribution in [0.5, 0.6) is 0 Å². The maximum atomic E-state index is 6.42. The molecule has 1 aliphatic carbocycles. The fraction of sp³-hybridized carbons (Fsp3) is 0.368. The molecule has 0 heterocycles. The quantitative estimate of drug-likeness (QED) is 0.865. The second-order valence-electron chi connectivity index (χ2n) is 6.06. The monoisotopic (exact) mass is 299 g/mol. The molecule has 110 valence electrons. The van der Waals surface area contributed by atoms with E-state index in [0.29, 0.717) is 12.0 Å². The first-order valence-corrected chi connectivity index (χ1v) is 8.07. The Bertz CT molecular complexity index is 635. The summed E-state index contributed by atoms with van der Waals surface area (Å²) in [6.07, 6.45) is 3.42. The van der Waals surface area contributed by atoms with Gasteiger partial charge in [0.2, 0.25) is 0 Å². The smallest absolute Gasteiger partial charge is 0.0440 e. The Balaban J connectivity index is 1.86. The molecular formula is C19H22ClN. The maximum absolute atomic E-state index is 6.42. The zero-order valence-electron chi connectivity index (χ0n) is 12.7. The molecule has 0 saturated heterocycles. The standard InChI is InChI=1S/C19H22ClN/c1-13-7-8-15(18(20)11-13)12-16-10-9-14-5-3-4-6-17(14)19(16)21-2/h3-8,11,16,19,21H,9-10,12H2,1-2H3. The number of hydrogen-bond acceptors (Lipinski definition) is 1. The van der Waals surface area contributed by atoms with Crippen LogP contribution >= 0.6 is 11.6 Å². The van der Waals surface area contributed by atoms with Crippen molar-refractivity contribution in [3.8, 4) is 0 Å². The molecule has 0 saturated carbocycles. The highest BCUT2D eigenvalue weighted by Crippen LogP contribution is 2.37. The van der Waals surface area contributed by atoms with Crippen LogP contribution in [0, 0.1) is 12.8 Å². The molecule has 0 fully saturated rings. The molecule has 1 N–H and O–H groups in total. The number of fused-ring (bicyclic) bond motifs is 1. The van der Waals surface area contributed by atoms with Crippen molar-refractivity contribution < 1.29 is 0 Å². The van der Waals surface area contributed by atoms with Gasteiger partial charge in [0.1, 0.15) is 0 Å².